The number of hydrogen-bond donors (Lipinski definition) is 1. The van der Waals surface area contributed by atoms with Crippen molar-refractivity contribution in [3.05, 3.63) is 59.7 Å². The van der Waals surface area contributed by atoms with Crippen molar-refractivity contribution in [3.8, 4) is 0 Å². The molecule has 7 heteroatoms. The van der Waals surface area contributed by atoms with Gasteiger partial charge in [0.1, 0.15) is 0 Å². The maximum atomic E-state index is 12.6. The number of benzene rings is 2. The molecule has 0 spiro atoms. The highest BCUT2D eigenvalue weighted by molar-refractivity contribution is 7.92. The van der Waals surface area contributed by atoms with E-state index >= 15 is 0 Å². The van der Waals surface area contributed by atoms with E-state index in [2.05, 4.69) is 16.5 Å². The highest BCUT2D eigenvalue weighted by atomic mass is 32.2. The van der Waals surface area contributed by atoms with Crippen molar-refractivity contribution in [2.75, 3.05) is 37.4 Å². The Hall–Kier alpha value is -2.38. The fourth-order valence-corrected chi connectivity index (χ4v) is 4.25. The second-order valence-electron chi connectivity index (χ2n) is 6.67. The fraction of sp³-hybridized carbons (Fsp3) is 0.350. The molecule has 0 bridgehead atoms. The van der Waals surface area contributed by atoms with Crippen LogP contribution in [-0.4, -0.2) is 56.8 Å². The monoisotopic (exact) mass is 387 g/mol. The molecule has 1 fully saturated rings. The van der Waals surface area contributed by atoms with E-state index in [0.717, 1.165) is 25.2 Å². The first kappa shape index (κ1) is 19.4. The molecular formula is C20H25N3O3S. The van der Waals surface area contributed by atoms with E-state index < -0.39 is 10.0 Å². The summed E-state index contributed by atoms with van der Waals surface area (Å²) in [5.74, 6) is -0.0541. The maximum Gasteiger partial charge on any atom is 0.261 e. The average molecular weight is 388 g/mol. The SMILES string of the molecule is CCN1CCN(C(=O)c2ccc(S(=O)(=O)Nc3ccccc3C)cc2)CC1. The number of nitrogens with zero attached hydrogens (tertiary/aromatic N) is 2. The van der Waals surface area contributed by atoms with Crippen molar-refractivity contribution in [2.24, 2.45) is 0 Å². The Labute approximate surface area is 160 Å². The van der Waals surface area contributed by atoms with Crippen LogP contribution in [0.2, 0.25) is 0 Å². The van der Waals surface area contributed by atoms with Crippen molar-refractivity contribution in [2.45, 2.75) is 18.7 Å². The van der Waals surface area contributed by atoms with Crippen molar-refractivity contribution in [1.82, 2.24) is 9.80 Å². The molecule has 2 aromatic rings. The minimum atomic E-state index is -3.70. The Morgan fingerprint density at radius 1 is 1.00 bits per heavy atom. The predicted molar refractivity (Wildman–Crippen MR) is 106 cm³/mol. The van der Waals surface area contributed by atoms with Gasteiger partial charge in [0.2, 0.25) is 0 Å². The molecule has 0 atom stereocenters. The van der Waals surface area contributed by atoms with Crippen LogP contribution in [0.1, 0.15) is 22.8 Å². The number of carbonyl (C=O) groups is 1. The van der Waals surface area contributed by atoms with E-state index in [1.54, 1.807) is 24.3 Å². The molecule has 1 amide bonds. The number of piperazine rings is 1. The molecule has 6 nitrogen and oxygen atoms in total. The lowest BCUT2D eigenvalue weighted by molar-refractivity contribution is 0.0643. The van der Waals surface area contributed by atoms with Gasteiger partial charge in [-0.2, -0.15) is 0 Å². The van der Waals surface area contributed by atoms with E-state index in [1.165, 1.54) is 12.1 Å². The van der Waals surface area contributed by atoms with Crippen LogP contribution >= 0.6 is 0 Å². The number of sulfonamides is 1. The summed E-state index contributed by atoms with van der Waals surface area (Å²) < 4.78 is 27.8. The molecule has 1 aliphatic rings. The first-order valence-electron chi connectivity index (χ1n) is 9.11. The number of amides is 1. The number of para-hydroxylation sites is 1. The third-order valence-electron chi connectivity index (χ3n) is 4.91. The van der Waals surface area contributed by atoms with Gasteiger partial charge in [-0.3, -0.25) is 9.52 Å². The first-order valence-corrected chi connectivity index (χ1v) is 10.6. The number of likely N-dealkylation sites (N-methyl/N-ethyl adjacent to an activating group) is 1. The van der Waals surface area contributed by atoms with Crippen LogP contribution in [0.3, 0.4) is 0 Å². The van der Waals surface area contributed by atoms with Crippen molar-refractivity contribution < 1.29 is 13.2 Å². The number of nitrogens with one attached hydrogen (secondary N) is 1. The molecule has 0 aromatic heterocycles. The van der Waals surface area contributed by atoms with Crippen LogP contribution in [0.25, 0.3) is 0 Å². The van der Waals surface area contributed by atoms with Gasteiger partial charge in [-0.25, -0.2) is 8.42 Å². The van der Waals surface area contributed by atoms with Gasteiger partial charge in [0.25, 0.3) is 15.9 Å². The Kier molecular flexibility index (Phi) is 5.82. The number of aryl methyl sites for hydroxylation is 1. The second-order valence-corrected chi connectivity index (χ2v) is 8.35. The largest absolute Gasteiger partial charge is 0.336 e. The number of rotatable bonds is 5. The van der Waals surface area contributed by atoms with Crippen LogP contribution in [0.5, 0.6) is 0 Å². The van der Waals surface area contributed by atoms with Crippen molar-refractivity contribution >= 4 is 21.6 Å². The first-order chi connectivity index (χ1) is 12.9. The van der Waals surface area contributed by atoms with E-state index in [4.69, 9.17) is 0 Å². The summed E-state index contributed by atoms with van der Waals surface area (Å²) in [7, 11) is -3.70. The third-order valence-corrected chi connectivity index (χ3v) is 6.29. The Balaban J connectivity index is 1.71. The summed E-state index contributed by atoms with van der Waals surface area (Å²) in [4.78, 5) is 16.9. The van der Waals surface area contributed by atoms with Gasteiger partial charge in [-0.15, -0.1) is 0 Å². The van der Waals surface area contributed by atoms with Crippen LogP contribution < -0.4 is 4.72 Å². The van der Waals surface area contributed by atoms with E-state index in [0.29, 0.717) is 24.3 Å². The van der Waals surface area contributed by atoms with Gasteiger partial charge >= 0.3 is 0 Å². The average Bonchev–Trinajstić information content (AvgIpc) is 2.69. The van der Waals surface area contributed by atoms with Crippen LogP contribution in [0.4, 0.5) is 5.69 Å². The molecular weight excluding hydrogens is 362 g/mol. The van der Waals surface area contributed by atoms with Crippen molar-refractivity contribution in [3.63, 3.8) is 0 Å². The van der Waals surface area contributed by atoms with Crippen molar-refractivity contribution in [1.29, 1.82) is 0 Å². The van der Waals surface area contributed by atoms with E-state index in [1.807, 2.05) is 24.0 Å². The summed E-state index contributed by atoms with van der Waals surface area (Å²) in [6.07, 6.45) is 0. The number of anilines is 1. The predicted octanol–water partition coefficient (Wildman–Crippen LogP) is 2.57. The molecule has 0 radical (unpaired) electrons. The molecule has 1 saturated heterocycles. The molecule has 27 heavy (non-hydrogen) atoms. The normalized spacial score (nSPS) is 15.6. The van der Waals surface area contributed by atoms with Gasteiger partial charge in [-0.05, 0) is 49.4 Å². The van der Waals surface area contributed by atoms with Crippen LogP contribution in [-0.2, 0) is 10.0 Å². The lowest BCUT2D eigenvalue weighted by atomic mass is 10.2. The number of hydrogen-bond acceptors (Lipinski definition) is 4. The molecule has 0 saturated carbocycles. The Morgan fingerprint density at radius 2 is 1.63 bits per heavy atom. The second kappa shape index (κ2) is 8.10. The Bertz CT molecular complexity index is 902. The lowest BCUT2D eigenvalue weighted by Gasteiger charge is -2.34. The summed E-state index contributed by atoms with van der Waals surface area (Å²) in [5, 5.41) is 0. The molecule has 0 unspecified atom stereocenters. The lowest BCUT2D eigenvalue weighted by Crippen LogP contribution is -2.48. The highest BCUT2D eigenvalue weighted by Crippen LogP contribution is 2.20. The van der Waals surface area contributed by atoms with E-state index in [-0.39, 0.29) is 10.8 Å². The smallest absolute Gasteiger partial charge is 0.261 e. The maximum absolute atomic E-state index is 12.6. The van der Waals surface area contributed by atoms with Crippen LogP contribution in [0.15, 0.2) is 53.4 Å². The van der Waals surface area contributed by atoms with Gasteiger partial charge in [0, 0.05) is 31.7 Å². The summed E-state index contributed by atoms with van der Waals surface area (Å²) in [6, 6.07) is 13.3. The summed E-state index contributed by atoms with van der Waals surface area (Å²) in [6.45, 7) is 8.08. The Morgan fingerprint density at radius 3 is 2.22 bits per heavy atom. The zero-order chi connectivity index (χ0) is 19.4. The zero-order valence-electron chi connectivity index (χ0n) is 15.7. The molecule has 1 aliphatic heterocycles. The summed E-state index contributed by atoms with van der Waals surface area (Å²) >= 11 is 0. The zero-order valence-corrected chi connectivity index (χ0v) is 16.5. The molecule has 0 aliphatic carbocycles. The molecule has 3 rings (SSSR count). The molecule has 1 N–H and O–H groups in total. The minimum Gasteiger partial charge on any atom is -0.336 e. The van der Waals surface area contributed by atoms with E-state index in [9.17, 15) is 13.2 Å². The standard InChI is InChI=1S/C20H25N3O3S/c1-3-22-12-14-23(15-13-22)20(24)17-8-10-18(11-9-17)27(25,26)21-19-7-5-4-6-16(19)2/h4-11,21H,3,12-15H2,1-2H3. The van der Waals surface area contributed by atoms with Gasteiger partial charge in [-0.1, -0.05) is 25.1 Å². The highest BCUT2D eigenvalue weighted by Gasteiger charge is 2.22. The van der Waals surface area contributed by atoms with Gasteiger partial charge < -0.3 is 9.80 Å². The third kappa shape index (κ3) is 4.48. The topological polar surface area (TPSA) is 69.7 Å². The van der Waals surface area contributed by atoms with Gasteiger partial charge in [0.15, 0.2) is 0 Å². The van der Waals surface area contributed by atoms with Crippen LogP contribution in [0, 0.1) is 6.92 Å². The van der Waals surface area contributed by atoms with Gasteiger partial charge in [0.05, 0.1) is 10.6 Å². The summed E-state index contributed by atoms with van der Waals surface area (Å²) in [5.41, 5.74) is 1.90. The molecule has 2 aromatic carbocycles. The minimum absolute atomic E-state index is 0.0541. The fourth-order valence-electron chi connectivity index (χ4n) is 3.12. The molecule has 144 valence electrons. The number of carbonyl (C=O) groups excluding carboxylic acids is 1. The molecule has 1 heterocycles. The quantitative estimate of drug-likeness (QED) is 0.856.